The number of aromatic nitrogens is 5. The summed E-state index contributed by atoms with van der Waals surface area (Å²) in [5, 5.41) is 16.6. The monoisotopic (exact) mass is 741 g/mol. The molecule has 258 valence electrons. The van der Waals surface area contributed by atoms with E-state index >= 15 is 0 Å². The molecule has 0 radical (unpaired) electrons. The highest BCUT2D eigenvalue weighted by Gasteiger charge is 2.42. The molecule has 0 atom stereocenters. The quantitative estimate of drug-likeness (QED) is 0.157. The summed E-state index contributed by atoms with van der Waals surface area (Å²) in [6.45, 7) is 2.61. The van der Waals surface area contributed by atoms with Crippen LogP contribution in [-0.4, -0.2) is 42.4 Å². The molecule has 0 aliphatic heterocycles. The van der Waals surface area contributed by atoms with Crippen LogP contribution < -0.4 is 10.6 Å². The summed E-state index contributed by atoms with van der Waals surface area (Å²) in [5.74, 6) is -0.271. The van der Waals surface area contributed by atoms with Gasteiger partial charge in [-0.2, -0.15) is 0 Å². The number of pyridine rings is 1. The van der Waals surface area contributed by atoms with Crippen LogP contribution in [0.15, 0.2) is 108 Å². The van der Waals surface area contributed by atoms with Gasteiger partial charge in [0.25, 0.3) is 5.91 Å². The number of benzene rings is 3. The standard InChI is InChI=1S/C41H40BrN7O2/c1-27-14-15-35(36(42)18-27)41(16-8-3-9-17-41)45-40(51)30-19-32(20-30)44-39(50)31-21-34(24-43-23-31)49-26-33(46-47-49)25-48-37-13-7-6-12-29(37)22-38(48)28-10-4-2-5-11-28/h2,4-7,10-15,18,21-24,26,30,32H,3,8-9,16-17,19-20,25H2,1H3,(H,44,50)(H,45,51). The minimum atomic E-state index is -0.358. The zero-order valence-electron chi connectivity index (χ0n) is 28.6. The molecule has 0 bridgehead atoms. The molecule has 3 heterocycles. The molecular formula is C41H40BrN7O2. The number of hydrogen-bond donors (Lipinski definition) is 2. The first-order valence-electron chi connectivity index (χ1n) is 17.8. The second-order valence-electron chi connectivity index (χ2n) is 14.1. The van der Waals surface area contributed by atoms with E-state index in [1.54, 1.807) is 23.1 Å². The van der Waals surface area contributed by atoms with Crippen LogP contribution in [0.1, 0.15) is 72.1 Å². The van der Waals surface area contributed by atoms with Crippen molar-refractivity contribution in [2.45, 2.75) is 70.0 Å². The van der Waals surface area contributed by atoms with E-state index in [2.05, 4.69) is 102 Å². The van der Waals surface area contributed by atoms with Gasteiger partial charge in [-0.1, -0.05) is 101 Å². The third kappa shape index (κ3) is 6.72. The number of amides is 2. The van der Waals surface area contributed by atoms with E-state index in [1.807, 2.05) is 36.5 Å². The fourth-order valence-electron chi connectivity index (χ4n) is 7.75. The van der Waals surface area contributed by atoms with Gasteiger partial charge in [-0.3, -0.25) is 14.6 Å². The number of para-hydroxylation sites is 1. The van der Waals surface area contributed by atoms with Crippen molar-refractivity contribution in [2.75, 3.05) is 0 Å². The maximum atomic E-state index is 13.5. The topological polar surface area (TPSA) is 107 Å². The summed E-state index contributed by atoms with van der Waals surface area (Å²) in [4.78, 5) is 31.2. The number of aryl methyl sites for hydroxylation is 1. The predicted molar refractivity (Wildman–Crippen MR) is 201 cm³/mol. The number of rotatable bonds is 9. The van der Waals surface area contributed by atoms with Crippen LogP contribution in [0.3, 0.4) is 0 Å². The lowest BCUT2D eigenvalue weighted by Gasteiger charge is -2.42. The molecule has 2 aliphatic rings. The zero-order valence-corrected chi connectivity index (χ0v) is 30.1. The van der Waals surface area contributed by atoms with E-state index in [9.17, 15) is 9.59 Å². The average molecular weight is 743 g/mol. The molecule has 8 rings (SSSR count). The summed E-state index contributed by atoms with van der Waals surface area (Å²) < 4.78 is 4.96. The lowest BCUT2D eigenvalue weighted by atomic mass is 9.74. The molecule has 2 fully saturated rings. The van der Waals surface area contributed by atoms with Gasteiger partial charge in [-0.15, -0.1) is 5.10 Å². The summed E-state index contributed by atoms with van der Waals surface area (Å²) in [7, 11) is 0. The van der Waals surface area contributed by atoms with Crippen molar-refractivity contribution in [1.29, 1.82) is 0 Å². The van der Waals surface area contributed by atoms with Crippen LogP contribution in [0.4, 0.5) is 0 Å². The summed E-state index contributed by atoms with van der Waals surface area (Å²) in [5.41, 5.74) is 7.21. The Hall–Kier alpha value is -5.09. The van der Waals surface area contributed by atoms with Gasteiger partial charge in [-0.05, 0) is 73.6 Å². The van der Waals surface area contributed by atoms with Crippen LogP contribution in [0.2, 0.25) is 0 Å². The number of halogens is 1. The van der Waals surface area contributed by atoms with Crippen LogP contribution in [-0.2, 0) is 16.9 Å². The van der Waals surface area contributed by atoms with Crippen molar-refractivity contribution in [3.63, 3.8) is 0 Å². The molecule has 6 aromatic rings. The largest absolute Gasteiger partial charge is 0.349 e. The second kappa shape index (κ2) is 13.9. The summed E-state index contributed by atoms with van der Waals surface area (Å²) >= 11 is 3.77. The van der Waals surface area contributed by atoms with Crippen molar-refractivity contribution in [1.82, 2.24) is 35.2 Å². The molecule has 2 amide bonds. The first-order chi connectivity index (χ1) is 24.8. The fourth-order valence-corrected chi connectivity index (χ4v) is 8.62. The molecule has 2 N–H and O–H groups in total. The van der Waals surface area contributed by atoms with Crippen molar-refractivity contribution in [2.24, 2.45) is 5.92 Å². The first-order valence-corrected chi connectivity index (χ1v) is 18.5. The molecule has 0 spiro atoms. The minimum absolute atomic E-state index is 0.0708. The number of carbonyl (C=O) groups excluding carboxylic acids is 2. The molecule has 9 nitrogen and oxygen atoms in total. The van der Waals surface area contributed by atoms with E-state index in [0.29, 0.717) is 30.6 Å². The Morgan fingerprint density at radius 3 is 2.51 bits per heavy atom. The Balaban J connectivity index is 0.915. The normalized spacial score (nSPS) is 18.2. The third-order valence-corrected chi connectivity index (χ3v) is 11.2. The zero-order chi connectivity index (χ0) is 35.0. The van der Waals surface area contributed by atoms with Gasteiger partial charge >= 0.3 is 0 Å². The van der Waals surface area contributed by atoms with E-state index < -0.39 is 0 Å². The average Bonchev–Trinajstić information content (AvgIpc) is 3.75. The number of fused-ring (bicyclic) bond motifs is 1. The second-order valence-corrected chi connectivity index (χ2v) is 14.9. The Kier molecular flexibility index (Phi) is 9.02. The molecule has 3 aromatic heterocycles. The Bertz CT molecular complexity index is 2210. The van der Waals surface area contributed by atoms with Gasteiger partial charge in [0.05, 0.1) is 35.7 Å². The lowest BCUT2D eigenvalue weighted by molar-refractivity contribution is -0.130. The van der Waals surface area contributed by atoms with E-state index in [1.165, 1.54) is 12.0 Å². The molecule has 2 aliphatic carbocycles. The highest BCUT2D eigenvalue weighted by molar-refractivity contribution is 9.10. The number of nitrogens with zero attached hydrogens (tertiary/aromatic N) is 5. The maximum Gasteiger partial charge on any atom is 0.253 e. The Morgan fingerprint density at radius 2 is 1.71 bits per heavy atom. The SMILES string of the molecule is Cc1ccc(C2(NC(=O)C3CC(NC(=O)c4cncc(-n5cc(Cn6c(-c7ccccc7)cc7ccccc76)nn5)c4)C3)CCCCC2)c(Br)c1. The highest BCUT2D eigenvalue weighted by atomic mass is 79.9. The van der Waals surface area contributed by atoms with Gasteiger partial charge in [0.2, 0.25) is 5.91 Å². The molecule has 0 unspecified atom stereocenters. The van der Waals surface area contributed by atoms with Gasteiger partial charge < -0.3 is 15.2 Å². The van der Waals surface area contributed by atoms with Crippen molar-refractivity contribution >= 4 is 38.6 Å². The van der Waals surface area contributed by atoms with Crippen LogP contribution in [0.5, 0.6) is 0 Å². The number of carbonyl (C=O) groups is 2. The van der Waals surface area contributed by atoms with Gasteiger partial charge in [-0.25, -0.2) is 4.68 Å². The summed E-state index contributed by atoms with van der Waals surface area (Å²) in [6.07, 6.45) is 11.6. The van der Waals surface area contributed by atoms with E-state index in [-0.39, 0.29) is 29.3 Å². The highest BCUT2D eigenvalue weighted by Crippen LogP contribution is 2.42. The first kappa shape index (κ1) is 33.1. The van der Waals surface area contributed by atoms with E-state index in [0.717, 1.165) is 63.6 Å². The van der Waals surface area contributed by atoms with Gasteiger partial charge in [0.1, 0.15) is 5.69 Å². The van der Waals surface area contributed by atoms with Crippen LogP contribution >= 0.6 is 15.9 Å². The van der Waals surface area contributed by atoms with Gasteiger partial charge in [0, 0.05) is 39.2 Å². The molecule has 10 heteroatoms. The Morgan fingerprint density at radius 1 is 0.922 bits per heavy atom. The molecule has 0 saturated heterocycles. The van der Waals surface area contributed by atoms with Crippen LogP contribution in [0, 0.1) is 12.8 Å². The smallest absolute Gasteiger partial charge is 0.253 e. The molecule has 51 heavy (non-hydrogen) atoms. The summed E-state index contributed by atoms with van der Waals surface area (Å²) in [6, 6.07) is 29.0. The lowest BCUT2D eigenvalue weighted by Crippen LogP contribution is -2.54. The molecule has 3 aromatic carbocycles. The minimum Gasteiger partial charge on any atom is -0.349 e. The number of nitrogens with one attached hydrogen (secondary N) is 2. The predicted octanol–water partition coefficient (Wildman–Crippen LogP) is 7.89. The van der Waals surface area contributed by atoms with Crippen molar-refractivity contribution in [3.05, 3.63) is 130 Å². The third-order valence-electron chi connectivity index (χ3n) is 10.5. The fraction of sp³-hybridized carbons (Fsp3) is 0.293. The van der Waals surface area contributed by atoms with E-state index in [4.69, 9.17) is 0 Å². The molecule has 2 saturated carbocycles. The molecular weight excluding hydrogens is 702 g/mol. The van der Waals surface area contributed by atoms with Crippen molar-refractivity contribution < 1.29 is 9.59 Å². The maximum absolute atomic E-state index is 13.5. The Labute approximate surface area is 305 Å². The van der Waals surface area contributed by atoms with Gasteiger partial charge in [0.15, 0.2) is 0 Å². The van der Waals surface area contributed by atoms with Crippen LogP contribution in [0.25, 0.3) is 27.8 Å². The number of hydrogen-bond acceptors (Lipinski definition) is 5. The van der Waals surface area contributed by atoms with Crippen molar-refractivity contribution in [3.8, 4) is 16.9 Å².